The summed E-state index contributed by atoms with van der Waals surface area (Å²) in [6.45, 7) is 1.82. The third kappa shape index (κ3) is 1.11. The second-order valence-corrected chi connectivity index (χ2v) is 2.93. The average Bonchev–Trinajstić information content (AvgIpc) is 2.15. The second-order valence-electron chi connectivity index (χ2n) is 2.93. The Bertz CT molecular complexity index is 516. The average molecular weight is 175 g/mol. The van der Waals surface area contributed by atoms with Gasteiger partial charge in [-0.15, -0.1) is 0 Å². The van der Waals surface area contributed by atoms with Crippen LogP contribution in [0.3, 0.4) is 0 Å². The van der Waals surface area contributed by atoms with E-state index < -0.39 is 0 Å². The van der Waals surface area contributed by atoms with Crippen molar-refractivity contribution in [3.63, 3.8) is 0 Å². The maximum absolute atomic E-state index is 11.3. The number of hydrogen-bond donors (Lipinski definition) is 0. The maximum Gasteiger partial charge on any atom is 0.348 e. The molecule has 2 rings (SSSR count). The van der Waals surface area contributed by atoms with E-state index in [0.717, 1.165) is 16.6 Å². The van der Waals surface area contributed by atoms with Crippen molar-refractivity contribution >= 4 is 10.9 Å². The van der Waals surface area contributed by atoms with E-state index >= 15 is 0 Å². The second kappa shape index (κ2) is 2.65. The summed E-state index contributed by atoms with van der Waals surface area (Å²) in [6.07, 6.45) is 3.37. The summed E-state index contributed by atoms with van der Waals surface area (Å²) in [7, 11) is 1.69. The number of aryl methyl sites for hydroxylation is 2. The topological polar surface area (TPSA) is 47.8 Å². The van der Waals surface area contributed by atoms with Crippen molar-refractivity contribution < 1.29 is 0 Å². The SMILES string of the molecule is Cc1nc(=O)n(C)c2cnccc12. The summed E-state index contributed by atoms with van der Waals surface area (Å²) in [5.41, 5.74) is 1.33. The lowest BCUT2D eigenvalue weighted by molar-refractivity contribution is 0.839. The number of hydrogen-bond acceptors (Lipinski definition) is 3. The minimum atomic E-state index is -0.238. The molecule has 0 aromatic carbocycles. The molecule has 0 spiro atoms. The Hall–Kier alpha value is -1.71. The maximum atomic E-state index is 11.3. The molecule has 0 amide bonds. The van der Waals surface area contributed by atoms with Crippen LogP contribution in [0.25, 0.3) is 10.9 Å². The van der Waals surface area contributed by atoms with Crippen LogP contribution in [-0.2, 0) is 7.05 Å². The molecule has 0 saturated carbocycles. The molecule has 0 fully saturated rings. The highest BCUT2D eigenvalue weighted by molar-refractivity contribution is 5.79. The van der Waals surface area contributed by atoms with Crippen LogP contribution >= 0.6 is 0 Å². The van der Waals surface area contributed by atoms with E-state index in [2.05, 4.69) is 9.97 Å². The Morgan fingerprint density at radius 2 is 2.23 bits per heavy atom. The lowest BCUT2D eigenvalue weighted by atomic mass is 10.2. The van der Waals surface area contributed by atoms with Crippen molar-refractivity contribution in [2.24, 2.45) is 7.05 Å². The molecular weight excluding hydrogens is 166 g/mol. The molecule has 66 valence electrons. The number of pyridine rings is 1. The van der Waals surface area contributed by atoms with Gasteiger partial charge in [0.05, 0.1) is 17.4 Å². The summed E-state index contributed by atoms with van der Waals surface area (Å²) >= 11 is 0. The fraction of sp³-hybridized carbons (Fsp3) is 0.222. The van der Waals surface area contributed by atoms with Gasteiger partial charge in [-0.1, -0.05) is 0 Å². The van der Waals surface area contributed by atoms with Crippen molar-refractivity contribution in [3.05, 3.63) is 34.6 Å². The Kier molecular flexibility index (Phi) is 1.62. The molecule has 0 unspecified atom stereocenters. The van der Waals surface area contributed by atoms with Gasteiger partial charge in [0.2, 0.25) is 0 Å². The third-order valence-corrected chi connectivity index (χ3v) is 2.10. The molecule has 2 heterocycles. The van der Waals surface area contributed by atoms with E-state index in [0.29, 0.717) is 0 Å². The molecule has 4 heteroatoms. The van der Waals surface area contributed by atoms with E-state index in [1.54, 1.807) is 19.4 Å². The molecule has 13 heavy (non-hydrogen) atoms. The zero-order chi connectivity index (χ0) is 9.42. The Labute approximate surface area is 74.9 Å². The van der Waals surface area contributed by atoms with Crippen molar-refractivity contribution in [2.45, 2.75) is 6.92 Å². The van der Waals surface area contributed by atoms with Gasteiger partial charge in [0.25, 0.3) is 0 Å². The fourth-order valence-electron chi connectivity index (χ4n) is 1.34. The van der Waals surface area contributed by atoms with Gasteiger partial charge in [-0.05, 0) is 13.0 Å². The van der Waals surface area contributed by atoms with Gasteiger partial charge in [0.15, 0.2) is 0 Å². The van der Waals surface area contributed by atoms with Crippen LogP contribution in [0.2, 0.25) is 0 Å². The standard InChI is InChI=1S/C9H9N3O/c1-6-7-3-4-10-5-8(7)12(2)9(13)11-6/h3-5H,1-2H3. The van der Waals surface area contributed by atoms with E-state index in [-0.39, 0.29) is 5.69 Å². The Morgan fingerprint density at radius 1 is 1.46 bits per heavy atom. The van der Waals surface area contributed by atoms with Crippen molar-refractivity contribution in [1.29, 1.82) is 0 Å². The first kappa shape index (κ1) is 7.91. The number of fused-ring (bicyclic) bond motifs is 1. The predicted octanol–water partition coefficient (Wildman–Crippen LogP) is 0.637. The molecular formula is C9H9N3O. The zero-order valence-electron chi connectivity index (χ0n) is 7.48. The lowest BCUT2D eigenvalue weighted by Crippen LogP contribution is -2.21. The largest absolute Gasteiger partial charge is 0.348 e. The van der Waals surface area contributed by atoms with Gasteiger partial charge >= 0.3 is 5.69 Å². The van der Waals surface area contributed by atoms with E-state index in [9.17, 15) is 4.79 Å². The predicted molar refractivity (Wildman–Crippen MR) is 49.5 cm³/mol. The van der Waals surface area contributed by atoms with E-state index in [1.165, 1.54) is 4.57 Å². The summed E-state index contributed by atoms with van der Waals surface area (Å²) in [5, 5.41) is 0.970. The minimum Gasteiger partial charge on any atom is -0.293 e. The van der Waals surface area contributed by atoms with Gasteiger partial charge in [0, 0.05) is 18.6 Å². The van der Waals surface area contributed by atoms with E-state index in [1.807, 2.05) is 13.0 Å². The first-order valence-corrected chi connectivity index (χ1v) is 3.97. The summed E-state index contributed by atoms with van der Waals surface area (Å²) in [6, 6.07) is 1.86. The molecule has 0 aliphatic heterocycles. The van der Waals surface area contributed by atoms with Gasteiger partial charge in [0.1, 0.15) is 0 Å². The van der Waals surface area contributed by atoms with Crippen LogP contribution in [0.5, 0.6) is 0 Å². The van der Waals surface area contributed by atoms with Gasteiger partial charge in [-0.25, -0.2) is 4.79 Å². The molecule has 2 aromatic rings. The number of rotatable bonds is 0. The molecule has 0 radical (unpaired) electrons. The highest BCUT2D eigenvalue weighted by atomic mass is 16.1. The highest BCUT2D eigenvalue weighted by Gasteiger charge is 2.02. The fourth-order valence-corrected chi connectivity index (χ4v) is 1.34. The first-order valence-electron chi connectivity index (χ1n) is 3.97. The smallest absolute Gasteiger partial charge is 0.293 e. The van der Waals surface area contributed by atoms with Gasteiger partial charge < -0.3 is 0 Å². The summed E-state index contributed by atoms with van der Waals surface area (Å²) in [5.74, 6) is 0. The zero-order valence-corrected chi connectivity index (χ0v) is 7.48. The highest BCUT2D eigenvalue weighted by Crippen LogP contribution is 2.10. The lowest BCUT2D eigenvalue weighted by Gasteiger charge is -2.04. The van der Waals surface area contributed by atoms with Crippen molar-refractivity contribution in [3.8, 4) is 0 Å². The van der Waals surface area contributed by atoms with E-state index in [4.69, 9.17) is 0 Å². The summed E-state index contributed by atoms with van der Waals surface area (Å²) < 4.78 is 1.50. The molecule has 4 nitrogen and oxygen atoms in total. The van der Waals surface area contributed by atoms with Crippen LogP contribution < -0.4 is 5.69 Å². The third-order valence-electron chi connectivity index (χ3n) is 2.10. The number of nitrogens with zero attached hydrogens (tertiary/aromatic N) is 3. The molecule has 0 aliphatic rings. The monoisotopic (exact) mass is 175 g/mol. The van der Waals surface area contributed by atoms with Crippen LogP contribution in [0.4, 0.5) is 0 Å². The van der Waals surface area contributed by atoms with Gasteiger partial charge in [-0.3, -0.25) is 9.55 Å². The molecule has 0 bridgehead atoms. The van der Waals surface area contributed by atoms with Crippen LogP contribution in [0.15, 0.2) is 23.3 Å². The van der Waals surface area contributed by atoms with Crippen LogP contribution in [-0.4, -0.2) is 14.5 Å². The first-order chi connectivity index (χ1) is 6.20. The Balaban J connectivity index is 3.06. The number of aromatic nitrogens is 3. The Morgan fingerprint density at radius 3 is 3.00 bits per heavy atom. The van der Waals surface area contributed by atoms with Crippen molar-refractivity contribution in [2.75, 3.05) is 0 Å². The minimum absolute atomic E-state index is 0.238. The molecule has 2 aromatic heterocycles. The quantitative estimate of drug-likeness (QED) is 0.590. The molecule has 0 N–H and O–H groups in total. The molecule has 0 aliphatic carbocycles. The van der Waals surface area contributed by atoms with Gasteiger partial charge in [-0.2, -0.15) is 4.98 Å². The van der Waals surface area contributed by atoms with Crippen LogP contribution in [0, 0.1) is 6.92 Å². The van der Waals surface area contributed by atoms with Crippen LogP contribution in [0.1, 0.15) is 5.69 Å². The molecule has 0 saturated heterocycles. The normalized spacial score (nSPS) is 10.6. The molecule has 0 atom stereocenters. The van der Waals surface area contributed by atoms with Crippen molar-refractivity contribution in [1.82, 2.24) is 14.5 Å². The summed E-state index contributed by atoms with van der Waals surface area (Å²) in [4.78, 5) is 19.1.